The lowest BCUT2D eigenvalue weighted by Crippen LogP contribution is -2.09. The maximum absolute atomic E-state index is 8.30. The van der Waals surface area contributed by atoms with Gasteiger partial charge in [0.25, 0.3) is 0 Å². The van der Waals surface area contributed by atoms with E-state index in [9.17, 15) is 0 Å². The molecule has 0 bridgehead atoms. The van der Waals surface area contributed by atoms with E-state index in [1.165, 1.54) is 0 Å². The van der Waals surface area contributed by atoms with Crippen LogP contribution in [0.4, 0.5) is 5.82 Å². The highest BCUT2D eigenvalue weighted by atomic mass is 16.5. The van der Waals surface area contributed by atoms with Crippen molar-refractivity contribution in [3.63, 3.8) is 0 Å². The lowest BCUT2D eigenvalue weighted by Gasteiger charge is -2.11. The number of nitrogens with zero attached hydrogens (tertiary/aromatic N) is 1. The zero-order chi connectivity index (χ0) is 13.7. The standard InChI is InChI=1S/C15H17N3O/c1-3-17-15-13(5-4-10-18-15)14(16)11-6-8-12(19-2)9-7-11/h4-10,16H,3H2,1-2H3,(H,17,18). The lowest BCUT2D eigenvalue weighted by molar-refractivity contribution is 0.415. The van der Waals surface area contributed by atoms with Crippen LogP contribution >= 0.6 is 0 Å². The van der Waals surface area contributed by atoms with E-state index in [4.69, 9.17) is 10.1 Å². The van der Waals surface area contributed by atoms with E-state index < -0.39 is 0 Å². The molecule has 4 nitrogen and oxygen atoms in total. The smallest absolute Gasteiger partial charge is 0.135 e. The first-order valence-electron chi connectivity index (χ1n) is 6.18. The molecular formula is C15H17N3O. The molecule has 4 heteroatoms. The SMILES string of the molecule is CCNc1ncccc1C(=N)c1ccc(OC)cc1. The number of anilines is 1. The summed E-state index contributed by atoms with van der Waals surface area (Å²) in [4.78, 5) is 4.27. The van der Waals surface area contributed by atoms with E-state index in [-0.39, 0.29) is 0 Å². The number of methoxy groups -OCH3 is 1. The topological polar surface area (TPSA) is 58.0 Å². The van der Waals surface area contributed by atoms with Crippen molar-refractivity contribution < 1.29 is 4.74 Å². The van der Waals surface area contributed by atoms with Crippen molar-refractivity contribution in [1.29, 1.82) is 5.41 Å². The minimum atomic E-state index is 0.451. The largest absolute Gasteiger partial charge is 0.497 e. The van der Waals surface area contributed by atoms with Crippen molar-refractivity contribution in [2.45, 2.75) is 6.92 Å². The van der Waals surface area contributed by atoms with Crippen molar-refractivity contribution >= 4 is 11.5 Å². The highest BCUT2D eigenvalue weighted by Gasteiger charge is 2.10. The van der Waals surface area contributed by atoms with Gasteiger partial charge in [0.05, 0.1) is 12.8 Å². The van der Waals surface area contributed by atoms with Crippen LogP contribution in [0.25, 0.3) is 0 Å². The van der Waals surface area contributed by atoms with Crippen LogP contribution in [0.2, 0.25) is 0 Å². The number of pyridine rings is 1. The van der Waals surface area contributed by atoms with Crippen molar-refractivity contribution in [2.75, 3.05) is 19.0 Å². The second-order valence-electron chi connectivity index (χ2n) is 4.03. The predicted octanol–water partition coefficient (Wildman–Crippen LogP) is 2.94. The molecule has 0 fully saturated rings. The second-order valence-corrected chi connectivity index (χ2v) is 4.03. The van der Waals surface area contributed by atoms with Crippen LogP contribution in [0.5, 0.6) is 5.75 Å². The van der Waals surface area contributed by atoms with Crippen LogP contribution in [0, 0.1) is 5.41 Å². The first kappa shape index (κ1) is 13.1. The Hall–Kier alpha value is -2.36. The summed E-state index contributed by atoms with van der Waals surface area (Å²) in [6.07, 6.45) is 1.72. The molecule has 2 aromatic rings. The van der Waals surface area contributed by atoms with Gasteiger partial charge in [-0.1, -0.05) is 0 Å². The Bertz CT molecular complexity index is 564. The Balaban J connectivity index is 2.32. The van der Waals surface area contributed by atoms with Crippen LogP contribution in [0.3, 0.4) is 0 Å². The van der Waals surface area contributed by atoms with Gasteiger partial charge in [-0.3, -0.25) is 5.41 Å². The van der Waals surface area contributed by atoms with Gasteiger partial charge in [0.15, 0.2) is 0 Å². The number of hydrogen-bond donors (Lipinski definition) is 2. The number of aromatic nitrogens is 1. The van der Waals surface area contributed by atoms with Crippen LogP contribution in [-0.4, -0.2) is 24.4 Å². The van der Waals surface area contributed by atoms with Crippen LogP contribution in [0.15, 0.2) is 42.6 Å². The summed E-state index contributed by atoms with van der Waals surface area (Å²) in [5.74, 6) is 1.53. The molecule has 0 saturated carbocycles. The molecule has 1 aromatic carbocycles. The molecule has 0 saturated heterocycles. The average molecular weight is 255 g/mol. The summed E-state index contributed by atoms with van der Waals surface area (Å²) in [6, 6.07) is 11.2. The molecular weight excluding hydrogens is 238 g/mol. The minimum Gasteiger partial charge on any atom is -0.497 e. The van der Waals surface area contributed by atoms with Gasteiger partial charge in [0, 0.05) is 23.9 Å². The second kappa shape index (κ2) is 6.00. The molecule has 19 heavy (non-hydrogen) atoms. The van der Waals surface area contributed by atoms with Crippen LogP contribution in [-0.2, 0) is 0 Å². The highest BCUT2D eigenvalue weighted by molar-refractivity contribution is 6.13. The van der Waals surface area contributed by atoms with E-state index in [0.29, 0.717) is 5.71 Å². The molecule has 0 radical (unpaired) electrons. The van der Waals surface area contributed by atoms with Crippen molar-refractivity contribution in [3.05, 3.63) is 53.7 Å². The van der Waals surface area contributed by atoms with E-state index in [0.717, 1.165) is 29.2 Å². The fourth-order valence-corrected chi connectivity index (χ4v) is 1.83. The molecule has 2 N–H and O–H groups in total. The quantitative estimate of drug-likeness (QED) is 0.808. The molecule has 0 spiro atoms. The van der Waals surface area contributed by atoms with Crippen molar-refractivity contribution in [1.82, 2.24) is 4.98 Å². The fourth-order valence-electron chi connectivity index (χ4n) is 1.83. The first-order valence-corrected chi connectivity index (χ1v) is 6.18. The molecule has 1 heterocycles. The Morgan fingerprint density at radius 2 is 2.00 bits per heavy atom. The Morgan fingerprint density at radius 3 is 2.63 bits per heavy atom. The van der Waals surface area contributed by atoms with Gasteiger partial charge in [-0.2, -0.15) is 0 Å². The molecule has 0 unspecified atom stereocenters. The normalized spacial score (nSPS) is 10.0. The third-order valence-electron chi connectivity index (χ3n) is 2.80. The molecule has 0 atom stereocenters. The average Bonchev–Trinajstić information content (AvgIpc) is 2.47. The Kier molecular flexibility index (Phi) is 4.13. The number of benzene rings is 1. The highest BCUT2D eigenvalue weighted by Crippen LogP contribution is 2.18. The van der Waals surface area contributed by atoms with Gasteiger partial charge < -0.3 is 10.1 Å². The van der Waals surface area contributed by atoms with E-state index in [1.54, 1.807) is 13.3 Å². The lowest BCUT2D eigenvalue weighted by atomic mass is 10.0. The number of ether oxygens (including phenoxy) is 1. The summed E-state index contributed by atoms with van der Waals surface area (Å²) >= 11 is 0. The summed E-state index contributed by atoms with van der Waals surface area (Å²) in [5.41, 5.74) is 2.09. The Labute approximate surface area is 113 Å². The zero-order valence-electron chi connectivity index (χ0n) is 11.1. The van der Waals surface area contributed by atoms with Gasteiger partial charge in [-0.15, -0.1) is 0 Å². The maximum Gasteiger partial charge on any atom is 0.135 e. The van der Waals surface area contributed by atoms with Gasteiger partial charge in [-0.25, -0.2) is 4.98 Å². The van der Waals surface area contributed by atoms with Gasteiger partial charge in [0.1, 0.15) is 11.6 Å². The molecule has 1 aromatic heterocycles. The maximum atomic E-state index is 8.30. The summed E-state index contributed by atoms with van der Waals surface area (Å²) in [7, 11) is 1.63. The Morgan fingerprint density at radius 1 is 1.26 bits per heavy atom. The first-order chi connectivity index (χ1) is 9.26. The van der Waals surface area contributed by atoms with E-state index in [2.05, 4.69) is 10.3 Å². The monoisotopic (exact) mass is 255 g/mol. The molecule has 0 amide bonds. The molecule has 2 rings (SSSR count). The molecule has 0 aliphatic heterocycles. The number of nitrogens with one attached hydrogen (secondary N) is 2. The molecule has 0 aliphatic rings. The van der Waals surface area contributed by atoms with Gasteiger partial charge >= 0.3 is 0 Å². The number of rotatable bonds is 5. The molecule has 0 aliphatic carbocycles. The minimum absolute atomic E-state index is 0.451. The van der Waals surface area contributed by atoms with Crippen molar-refractivity contribution in [2.24, 2.45) is 0 Å². The zero-order valence-corrected chi connectivity index (χ0v) is 11.1. The summed E-state index contributed by atoms with van der Waals surface area (Å²) < 4.78 is 5.12. The van der Waals surface area contributed by atoms with E-state index in [1.807, 2.05) is 43.3 Å². The number of hydrogen-bond acceptors (Lipinski definition) is 4. The van der Waals surface area contributed by atoms with Crippen LogP contribution < -0.4 is 10.1 Å². The van der Waals surface area contributed by atoms with Gasteiger partial charge in [-0.05, 0) is 43.3 Å². The third-order valence-corrected chi connectivity index (χ3v) is 2.80. The molecule has 98 valence electrons. The third kappa shape index (κ3) is 2.91. The van der Waals surface area contributed by atoms with Gasteiger partial charge in [0.2, 0.25) is 0 Å². The summed E-state index contributed by atoms with van der Waals surface area (Å²) in [5, 5.41) is 11.5. The van der Waals surface area contributed by atoms with Crippen LogP contribution in [0.1, 0.15) is 18.1 Å². The summed E-state index contributed by atoms with van der Waals surface area (Å²) in [6.45, 7) is 2.79. The predicted molar refractivity (Wildman–Crippen MR) is 77.3 cm³/mol. The van der Waals surface area contributed by atoms with E-state index >= 15 is 0 Å². The fraction of sp³-hybridized carbons (Fsp3) is 0.200. The van der Waals surface area contributed by atoms with Crippen molar-refractivity contribution in [3.8, 4) is 5.75 Å².